The lowest BCUT2D eigenvalue weighted by molar-refractivity contribution is -0.139. The largest absolute Gasteiger partial charge is 0.354 e. The number of carbonyl (C=O) groups is 2. The van der Waals surface area contributed by atoms with Crippen LogP contribution in [0.15, 0.2) is 71.6 Å². The molecule has 3 rings (SSSR count). The van der Waals surface area contributed by atoms with E-state index in [1.54, 1.807) is 49.4 Å². The lowest BCUT2D eigenvalue weighted by atomic mass is 10.1. The number of aryl methyl sites for hydroxylation is 3. The number of rotatable bonds is 11. The number of anilines is 1. The van der Waals surface area contributed by atoms with Crippen molar-refractivity contribution < 1.29 is 18.0 Å². The zero-order chi connectivity index (χ0) is 28.7. The molecular formula is C30H36ClN3O4S. The molecule has 0 unspecified atom stereocenters. The summed E-state index contributed by atoms with van der Waals surface area (Å²) in [6, 6.07) is 18.1. The van der Waals surface area contributed by atoms with E-state index in [0.29, 0.717) is 17.3 Å². The van der Waals surface area contributed by atoms with Crippen LogP contribution in [-0.4, -0.2) is 44.3 Å². The van der Waals surface area contributed by atoms with Crippen molar-refractivity contribution in [2.75, 3.05) is 17.4 Å². The third-order valence-electron chi connectivity index (χ3n) is 6.34. The molecule has 2 amide bonds. The maximum Gasteiger partial charge on any atom is 0.264 e. The Kier molecular flexibility index (Phi) is 10.2. The van der Waals surface area contributed by atoms with Gasteiger partial charge < -0.3 is 10.2 Å². The molecule has 0 aliphatic carbocycles. The predicted octanol–water partition coefficient (Wildman–Crippen LogP) is 5.40. The Morgan fingerprint density at radius 3 is 2.15 bits per heavy atom. The summed E-state index contributed by atoms with van der Waals surface area (Å²) >= 11 is 6.18. The number of carbonyl (C=O) groups excluding carboxylic acids is 2. The SMILES string of the molecule is CCCNC(=O)[C@H](C)N(Cc1cccc(Cl)c1)C(=O)CN(c1cc(C)cc(C)c1)S(=O)(=O)c1ccc(C)cc1. The number of hydrogen-bond acceptors (Lipinski definition) is 4. The normalized spacial score (nSPS) is 12.1. The maximum atomic E-state index is 13.9. The number of amides is 2. The molecule has 0 spiro atoms. The molecule has 0 saturated carbocycles. The van der Waals surface area contributed by atoms with E-state index in [0.717, 1.165) is 33.0 Å². The molecule has 9 heteroatoms. The highest BCUT2D eigenvalue weighted by molar-refractivity contribution is 7.92. The van der Waals surface area contributed by atoms with Gasteiger partial charge in [0, 0.05) is 18.1 Å². The van der Waals surface area contributed by atoms with Crippen molar-refractivity contribution in [3.8, 4) is 0 Å². The second-order valence-electron chi connectivity index (χ2n) is 9.79. The quantitative estimate of drug-likeness (QED) is 0.335. The Balaban J connectivity index is 2.05. The fraction of sp³-hybridized carbons (Fsp3) is 0.333. The fourth-order valence-corrected chi connectivity index (χ4v) is 5.88. The van der Waals surface area contributed by atoms with Crippen molar-refractivity contribution in [1.29, 1.82) is 0 Å². The first-order valence-corrected chi connectivity index (χ1v) is 14.7. The van der Waals surface area contributed by atoms with Crippen molar-refractivity contribution in [1.82, 2.24) is 10.2 Å². The Morgan fingerprint density at radius 1 is 0.923 bits per heavy atom. The minimum atomic E-state index is -4.11. The first-order valence-electron chi connectivity index (χ1n) is 12.9. The molecule has 0 fully saturated rings. The van der Waals surface area contributed by atoms with Gasteiger partial charge in [0.05, 0.1) is 10.6 Å². The standard InChI is InChI=1S/C30H36ClN3O4S/c1-6-14-32-30(36)24(5)33(19-25-8-7-9-26(31)18-25)29(35)20-34(27-16-22(3)15-23(4)17-27)39(37,38)28-12-10-21(2)11-13-28/h7-13,15-18,24H,6,14,19-20H2,1-5H3,(H,32,36)/t24-/m0/s1. The molecule has 1 N–H and O–H groups in total. The number of hydrogen-bond donors (Lipinski definition) is 1. The van der Waals surface area contributed by atoms with Crippen LogP contribution in [0.1, 0.15) is 42.5 Å². The first-order chi connectivity index (χ1) is 18.4. The van der Waals surface area contributed by atoms with E-state index in [1.165, 1.54) is 17.0 Å². The van der Waals surface area contributed by atoms with Gasteiger partial charge in [0.1, 0.15) is 12.6 Å². The number of nitrogens with one attached hydrogen (secondary N) is 1. The Morgan fingerprint density at radius 2 is 1.56 bits per heavy atom. The average Bonchev–Trinajstić information content (AvgIpc) is 2.88. The summed E-state index contributed by atoms with van der Waals surface area (Å²) in [5, 5.41) is 3.34. The summed E-state index contributed by atoms with van der Waals surface area (Å²) in [5.41, 5.74) is 3.76. The number of benzene rings is 3. The van der Waals surface area contributed by atoms with Gasteiger partial charge in [-0.15, -0.1) is 0 Å². The molecule has 0 aliphatic rings. The topological polar surface area (TPSA) is 86.8 Å². The number of halogens is 1. The number of sulfonamides is 1. The zero-order valence-corrected chi connectivity index (χ0v) is 24.6. The minimum absolute atomic E-state index is 0.0789. The minimum Gasteiger partial charge on any atom is -0.354 e. The van der Waals surface area contributed by atoms with Crippen molar-refractivity contribution in [2.24, 2.45) is 0 Å². The van der Waals surface area contributed by atoms with Gasteiger partial charge in [-0.3, -0.25) is 13.9 Å². The lowest BCUT2D eigenvalue weighted by Crippen LogP contribution is -2.51. The van der Waals surface area contributed by atoms with Crippen LogP contribution in [0.5, 0.6) is 0 Å². The summed E-state index contributed by atoms with van der Waals surface area (Å²) in [6.07, 6.45) is 0.746. The van der Waals surface area contributed by atoms with Gasteiger partial charge in [0.15, 0.2) is 0 Å². The highest BCUT2D eigenvalue weighted by Crippen LogP contribution is 2.27. The van der Waals surface area contributed by atoms with Crippen molar-refractivity contribution >= 4 is 39.1 Å². The first kappa shape index (κ1) is 30.2. The van der Waals surface area contributed by atoms with Gasteiger partial charge in [-0.25, -0.2) is 8.42 Å². The van der Waals surface area contributed by atoms with Crippen LogP contribution in [0.2, 0.25) is 5.02 Å². The summed E-state index contributed by atoms with van der Waals surface area (Å²) in [7, 11) is -4.11. The number of nitrogens with zero attached hydrogens (tertiary/aromatic N) is 2. The van der Waals surface area contributed by atoms with Gasteiger partial charge in [-0.2, -0.15) is 0 Å². The van der Waals surface area contributed by atoms with E-state index in [9.17, 15) is 18.0 Å². The predicted molar refractivity (Wildman–Crippen MR) is 156 cm³/mol. The van der Waals surface area contributed by atoms with E-state index >= 15 is 0 Å². The van der Waals surface area contributed by atoms with E-state index in [2.05, 4.69) is 5.32 Å². The van der Waals surface area contributed by atoms with Crippen LogP contribution >= 0.6 is 11.6 Å². The monoisotopic (exact) mass is 569 g/mol. The summed E-state index contributed by atoms with van der Waals surface area (Å²) in [5.74, 6) is -0.824. The zero-order valence-electron chi connectivity index (χ0n) is 23.1. The Hall–Kier alpha value is -3.36. The smallest absolute Gasteiger partial charge is 0.264 e. The Labute approximate surface area is 236 Å². The second kappa shape index (κ2) is 13.1. The van der Waals surface area contributed by atoms with Gasteiger partial charge in [-0.1, -0.05) is 54.4 Å². The lowest BCUT2D eigenvalue weighted by Gasteiger charge is -2.32. The van der Waals surface area contributed by atoms with Crippen LogP contribution in [-0.2, 0) is 26.2 Å². The van der Waals surface area contributed by atoms with E-state index < -0.39 is 28.5 Å². The summed E-state index contributed by atoms with van der Waals surface area (Å²) in [4.78, 5) is 28.4. The molecule has 0 aromatic heterocycles. The van der Waals surface area contributed by atoms with E-state index in [1.807, 2.05) is 39.8 Å². The molecule has 39 heavy (non-hydrogen) atoms. The van der Waals surface area contributed by atoms with Crippen LogP contribution in [0, 0.1) is 20.8 Å². The van der Waals surface area contributed by atoms with Crippen LogP contribution < -0.4 is 9.62 Å². The van der Waals surface area contributed by atoms with E-state index in [-0.39, 0.29) is 17.3 Å². The molecule has 208 valence electrons. The van der Waals surface area contributed by atoms with Gasteiger partial charge >= 0.3 is 0 Å². The molecule has 0 aliphatic heterocycles. The second-order valence-corrected chi connectivity index (χ2v) is 12.1. The molecule has 1 atom stereocenters. The van der Waals surface area contributed by atoms with Gasteiger partial charge in [0.25, 0.3) is 10.0 Å². The third kappa shape index (κ3) is 7.83. The van der Waals surface area contributed by atoms with Crippen molar-refractivity contribution in [3.63, 3.8) is 0 Å². The third-order valence-corrected chi connectivity index (χ3v) is 8.36. The maximum absolute atomic E-state index is 13.9. The molecule has 0 radical (unpaired) electrons. The molecule has 0 bridgehead atoms. The summed E-state index contributed by atoms with van der Waals surface area (Å²) in [6.45, 7) is 9.29. The molecule has 7 nitrogen and oxygen atoms in total. The van der Waals surface area contributed by atoms with Gasteiger partial charge in [0.2, 0.25) is 11.8 Å². The van der Waals surface area contributed by atoms with E-state index in [4.69, 9.17) is 11.6 Å². The van der Waals surface area contributed by atoms with Crippen LogP contribution in [0.3, 0.4) is 0 Å². The summed E-state index contributed by atoms with van der Waals surface area (Å²) < 4.78 is 29.0. The average molecular weight is 570 g/mol. The Bertz CT molecular complexity index is 1400. The highest BCUT2D eigenvalue weighted by Gasteiger charge is 2.32. The highest BCUT2D eigenvalue weighted by atomic mass is 35.5. The molecule has 3 aromatic rings. The molecule has 0 heterocycles. The molecular weight excluding hydrogens is 534 g/mol. The molecule has 3 aromatic carbocycles. The fourth-order valence-electron chi connectivity index (χ4n) is 4.27. The van der Waals surface area contributed by atoms with Crippen LogP contribution in [0.4, 0.5) is 5.69 Å². The van der Waals surface area contributed by atoms with Gasteiger partial charge in [-0.05, 0) is 87.2 Å². The van der Waals surface area contributed by atoms with Crippen LogP contribution in [0.25, 0.3) is 0 Å². The van der Waals surface area contributed by atoms with Crippen molar-refractivity contribution in [3.05, 3.63) is 94.0 Å². The molecule has 0 saturated heterocycles. The van der Waals surface area contributed by atoms with Crippen molar-refractivity contribution in [2.45, 2.75) is 58.5 Å².